The molecule has 2 aromatic heterocycles. The molecule has 0 radical (unpaired) electrons. The van der Waals surface area contributed by atoms with Crippen LogP contribution < -0.4 is 15.8 Å². The molecule has 0 unspecified atom stereocenters. The molecule has 0 aliphatic rings. The lowest BCUT2D eigenvalue weighted by Gasteiger charge is -2.13. The Balaban J connectivity index is 1.42. The number of nitriles is 2. The lowest BCUT2D eigenvalue weighted by atomic mass is 9.96. The number of hydrogen-bond acceptors (Lipinski definition) is 11. The summed E-state index contributed by atoms with van der Waals surface area (Å²) >= 11 is 2.30. The van der Waals surface area contributed by atoms with Gasteiger partial charge in [-0.15, -0.1) is 22.0 Å². The molecule has 14 heteroatoms. The summed E-state index contributed by atoms with van der Waals surface area (Å²) in [5, 5.41) is 31.1. The molecule has 4 N–H and O–H groups in total. The van der Waals surface area contributed by atoms with E-state index in [-0.39, 0.29) is 45.1 Å². The molecule has 2 aromatic carbocycles. The Kier molecular flexibility index (Phi) is 9.19. The van der Waals surface area contributed by atoms with Crippen LogP contribution in [0.2, 0.25) is 0 Å². The fourth-order valence-electron chi connectivity index (χ4n) is 3.79. The molecule has 1 amide bonds. The molecule has 208 valence electrons. The van der Waals surface area contributed by atoms with E-state index in [2.05, 4.69) is 37.4 Å². The van der Waals surface area contributed by atoms with Crippen molar-refractivity contribution in [2.24, 2.45) is 0 Å². The first-order valence-electron chi connectivity index (χ1n) is 12.2. The van der Waals surface area contributed by atoms with Gasteiger partial charge in [0.1, 0.15) is 33.6 Å². The fourth-order valence-corrected chi connectivity index (χ4v) is 6.55. The Morgan fingerprint density at radius 3 is 2.32 bits per heavy atom. The van der Waals surface area contributed by atoms with Gasteiger partial charge < -0.3 is 11.1 Å². The van der Waals surface area contributed by atoms with Crippen molar-refractivity contribution in [1.29, 1.82) is 10.5 Å². The van der Waals surface area contributed by atoms with Crippen LogP contribution in [0.25, 0.3) is 11.1 Å². The topological polar surface area (TPSA) is 188 Å². The number of nitrogens with two attached hydrogens (primary N) is 1. The van der Waals surface area contributed by atoms with Crippen molar-refractivity contribution in [3.8, 4) is 23.3 Å². The molecule has 41 heavy (non-hydrogen) atoms. The zero-order chi connectivity index (χ0) is 29.6. The number of thioether (sulfide) groups is 1. The van der Waals surface area contributed by atoms with Gasteiger partial charge in [-0.05, 0) is 48.7 Å². The van der Waals surface area contributed by atoms with Gasteiger partial charge in [-0.3, -0.25) is 9.52 Å². The summed E-state index contributed by atoms with van der Waals surface area (Å²) in [4.78, 5) is 16.9. The third-order valence-electron chi connectivity index (χ3n) is 5.83. The first-order chi connectivity index (χ1) is 19.6. The van der Waals surface area contributed by atoms with Crippen LogP contribution >= 0.6 is 23.1 Å². The number of amides is 1. The molecule has 0 fully saturated rings. The molecular weight excluding hydrogens is 581 g/mol. The second-order valence-electron chi connectivity index (χ2n) is 8.60. The van der Waals surface area contributed by atoms with Crippen molar-refractivity contribution in [1.82, 2.24) is 15.2 Å². The van der Waals surface area contributed by atoms with Gasteiger partial charge in [0, 0.05) is 23.4 Å². The highest BCUT2D eigenvalue weighted by atomic mass is 32.2. The maximum atomic E-state index is 12.6. The molecule has 0 aliphatic carbocycles. The molecule has 0 saturated carbocycles. The first-order valence-corrected chi connectivity index (χ1v) is 15.5. The molecule has 4 rings (SSSR count). The quantitative estimate of drug-likeness (QED) is 0.214. The Morgan fingerprint density at radius 2 is 1.73 bits per heavy atom. The van der Waals surface area contributed by atoms with Crippen LogP contribution in [0.3, 0.4) is 0 Å². The van der Waals surface area contributed by atoms with Crippen molar-refractivity contribution < 1.29 is 13.2 Å². The van der Waals surface area contributed by atoms with Gasteiger partial charge in [-0.1, -0.05) is 42.5 Å². The molecule has 0 saturated heterocycles. The van der Waals surface area contributed by atoms with Gasteiger partial charge in [-0.25, -0.2) is 13.4 Å². The van der Waals surface area contributed by atoms with Crippen LogP contribution in [0, 0.1) is 29.6 Å². The van der Waals surface area contributed by atoms with Crippen molar-refractivity contribution >= 4 is 55.7 Å². The number of benzene rings is 2. The van der Waals surface area contributed by atoms with Crippen molar-refractivity contribution in [3.05, 3.63) is 70.2 Å². The molecule has 4 aromatic rings. The fraction of sp³-hybridized carbons (Fsp3) is 0.185. The van der Waals surface area contributed by atoms with E-state index in [0.717, 1.165) is 23.3 Å². The van der Waals surface area contributed by atoms with Crippen molar-refractivity contribution in [2.45, 2.75) is 36.6 Å². The van der Waals surface area contributed by atoms with Gasteiger partial charge in [0.15, 0.2) is 0 Å². The minimum Gasteiger partial charge on any atom is -0.383 e. The number of rotatable bonds is 10. The molecule has 2 heterocycles. The third kappa shape index (κ3) is 6.99. The predicted octanol–water partition coefficient (Wildman–Crippen LogP) is 4.72. The van der Waals surface area contributed by atoms with Crippen LogP contribution in [0.5, 0.6) is 0 Å². The predicted molar refractivity (Wildman–Crippen MR) is 159 cm³/mol. The van der Waals surface area contributed by atoms with Gasteiger partial charge >= 0.3 is 0 Å². The monoisotopic (exact) mass is 604 g/mol. The van der Waals surface area contributed by atoms with E-state index >= 15 is 0 Å². The minimum absolute atomic E-state index is 0.00700. The molecule has 11 nitrogen and oxygen atoms in total. The van der Waals surface area contributed by atoms with E-state index in [1.807, 2.05) is 31.2 Å². The maximum absolute atomic E-state index is 12.6. The van der Waals surface area contributed by atoms with E-state index in [1.54, 1.807) is 6.92 Å². The Labute approximate surface area is 245 Å². The number of nitrogen functional groups attached to an aromatic ring is 1. The number of anilines is 3. The highest BCUT2D eigenvalue weighted by Crippen LogP contribution is 2.36. The van der Waals surface area contributed by atoms with E-state index in [9.17, 15) is 23.7 Å². The molecule has 0 spiro atoms. The van der Waals surface area contributed by atoms with Gasteiger partial charge in [0.05, 0.1) is 10.5 Å². The number of carbonyl (C=O) groups excluding carboxylic acids is 1. The first kappa shape index (κ1) is 29.5. The summed E-state index contributed by atoms with van der Waals surface area (Å²) in [6.45, 7) is 3.75. The number of aromatic nitrogens is 3. The highest BCUT2D eigenvalue weighted by molar-refractivity contribution is 7.99. The maximum Gasteiger partial charge on any atom is 0.263 e. The second-order valence-corrected chi connectivity index (χ2v) is 12.6. The zero-order valence-corrected chi connectivity index (χ0v) is 24.5. The Bertz CT molecular complexity index is 1770. The molecular formula is C27H24N8O3S3. The van der Waals surface area contributed by atoms with Gasteiger partial charge in [-0.2, -0.15) is 10.5 Å². The summed E-state index contributed by atoms with van der Waals surface area (Å²) < 4.78 is 27.5. The second kappa shape index (κ2) is 12.8. The van der Waals surface area contributed by atoms with E-state index in [0.29, 0.717) is 26.8 Å². The highest BCUT2D eigenvalue weighted by Gasteiger charge is 2.21. The Hall–Kier alpha value is -4.50. The molecule has 0 aliphatic heterocycles. The van der Waals surface area contributed by atoms with E-state index in [1.165, 1.54) is 36.0 Å². The van der Waals surface area contributed by atoms with Crippen LogP contribution in [0.15, 0.2) is 58.5 Å². The number of carbonyl (C=O) groups is 1. The summed E-state index contributed by atoms with van der Waals surface area (Å²) in [6, 6.07) is 17.5. The van der Waals surface area contributed by atoms with E-state index < -0.39 is 10.0 Å². The summed E-state index contributed by atoms with van der Waals surface area (Å²) in [5.74, 6) is -0.0186. The summed E-state index contributed by atoms with van der Waals surface area (Å²) in [6.07, 6.45) is 0.930. The molecule has 0 bridgehead atoms. The SMILES string of the molecule is CCc1ccc(-c2c(C#N)c(N)nc(SCCC(=O)Nc3ccc(S(=O)(=O)Nc4nnc(C)s4)cc3)c2C#N)cc1. The minimum atomic E-state index is -3.85. The lowest BCUT2D eigenvalue weighted by molar-refractivity contribution is -0.115. The molecule has 0 atom stereocenters. The largest absolute Gasteiger partial charge is 0.383 e. The van der Waals surface area contributed by atoms with Crippen LogP contribution in [0.4, 0.5) is 16.6 Å². The van der Waals surface area contributed by atoms with Crippen LogP contribution in [-0.2, 0) is 21.2 Å². The van der Waals surface area contributed by atoms with Crippen molar-refractivity contribution in [2.75, 3.05) is 21.5 Å². The van der Waals surface area contributed by atoms with E-state index in [4.69, 9.17) is 5.73 Å². The average molecular weight is 605 g/mol. The number of hydrogen-bond donors (Lipinski definition) is 3. The zero-order valence-electron chi connectivity index (χ0n) is 22.0. The Morgan fingerprint density at radius 1 is 1.05 bits per heavy atom. The van der Waals surface area contributed by atoms with Crippen LogP contribution in [-0.4, -0.2) is 35.3 Å². The number of nitrogens with zero attached hydrogens (tertiary/aromatic N) is 5. The summed E-state index contributed by atoms with van der Waals surface area (Å²) in [5.41, 5.74) is 9.07. The number of pyridine rings is 1. The smallest absolute Gasteiger partial charge is 0.263 e. The standard InChI is InChI=1S/C27H24N8O3S3/c1-3-17-4-6-18(7-5-17)24-21(14-28)25(30)32-26(22(24)15-29)39-13-12-23(36)31-19-8-10-20(11-9-19)41(37,38)35-27-34-33-16(2)40-27/h4-11H,3,12-13H2,1-2H3,(H2,30,32)(H,31,36)(H,34,35). The van der Waals surface area contributed by atoms with Crippen LogP contribution in [0.1, 0.15) is 35.0 Å². The van der Waals surface area contributed by atoms with Crippen molar-refractivity contribution in [3.63, 3.8) is 0 Å². The average Bonchev–Trinajstić information content (AvgIpc) is 3.36. The van der Waals surface area contributed by atoms with Gasteiger partial charge in [0.2, 0.25) is 11.0 Å². The normalized spacial score (nSPS) is 10.9. The third-order valence-corrected chi connectivity index (χ3v) is 9.05. The van der Waals surface area contributed by atoms with Gasteiger partial charge in [0.25, 0.3) is 10.0 Å². The summed E-state index contributed by atoms with van der Waals surface area (Å²) in [7, 11) is -3.85. The number of sulfonamides is 1. The number of nitrogens with one attached hydrogen (secondary N) is 2. The number of aryl methyl sites for hydroxylation is 2. The lowest BCUT2D eigenvalue weighted by Crippen LogP contribution is -2.14.